The van der Waals surface area contributed by atoms with Gasteiger partial charge in [-0.15, -0.1) is 0 Å². The number of nitrogens with zero attached hydrogens (tertiary/aromatic N) is 1. The molecule has 0 aliphatic carbocycles. The number of carbonyl (C=O) groups excluding carboxylic acids is 3. The third-order valence-corrected chi connectivity index (χ3v) is 5.66. The molecule has 1 atom stereocenters. The molecule has 2 aliphatic heterocycles. The maximum atomic E-state index is 12.8. The molecule has 2 aliphatic rings. The molecular formula is C21H18Cl2N2O5. The van der Waals surface area contributed by atoms with Crippen molar-refractivity contribution in [2.45, 2.75) is 18.9 Å². The highest BCUT2D eigenvalue weighted by atomic mass is 35.5. The number of halogens is 2. The van der Waals surface area contributed by atoms with E-state index in [1.54, 1.807) is 6.07 Å². The third kappa shape index (κ3) is 3.76. The molecule has 0 unspecified atom stereocenters. The smallest absolute Gasteiger partial charge is 0.261 e. The summed E-state index contributed by atoms with van der Waals surface area (Å²) >= 11 is 12.2. The van der Waals surface area contributed by atoms with Gasteiger partial charge in [-0.2, -0.15) is 0 Å². The molecule has 7 nitrogen and oxygen atoms in total. The van der Waals surface area contributed by atoms with Crippen molar-refractivity contribution in [2.24, 2.45) is 0 Å². The fourth-order valence-corrected chi connectivity index (χ4v) is 4.26. The monoisotopic (exact) mass is 448 g/mol. The average Bonchev–Trinajstić information content (AvgIpc) is 3.31. The second-order valence-corrected chi connectivity index (χ2v) is 7.86. The lowest BCUT2D eigenvalue weighted by Gasteiger charge is -2.17. The van der Waals surface area contributed by atoms with Crippen LogP contribution >= 0.6 is 23.2 Å². The van der Waals surface area contributed by atoms with Crippen molar-refractivity contribution in [3.63, 3.8) is 0 Å². The molecule has 0 bridgehead atoms. The van der Waals surface area contributed by atoms with E-state index in [1.165, 1.54) is 36.3 Å². The predicted molar refractivity (Wildman–Crippen MR) is 112 cm³/mol. The van der Waals surface area contributed by atoms with Crippen molar-refractivity contribution in [1.82, 2.24) is 4.90 Å². The SMILES string of the molecule is COc1c(Cl)cc(C(=O)Nc2ccc3c(c2)C(=O)N(C[C@@H]2CCCO2)C3=O)cc1Cl. The van der Waals surface area contributed by atoms with E-state index in [2.05, 4.69) is 5.32 Å². The highest BCUT2D eigenvalue weighted by Crippen LogP contribution is 2.34. The van der Waals surface area contributed by atoms with Gasteiger partial charge in [0.1, 0.15) is 0 Å². The first-order valence-corrected chi connectivity index (χ1v) is 10.1. The van der Waals surface area contributed by atoms with E-state index in [0.717, 1.165) is 12.8 Å². The first kappa shape index (κ1) is 20.7. The summed E-state index contributed by atoms with van der Waals surface area (Å²) in [6.07, 6.45) is 1.61. The molecule has 0 spiro atoms. The van der Waals surface area contributed by atoms with Gasteiger partial charge in [0, 0.05) is 17.9 Å². The van der Waals surface area contributed by atoms with Crippen LogP contribution < -0.4 is 10.1 Å². The van der Waals surface area contributed by atoms with E-state index >= 15 is 0 Å². The van der Waals surface area contributed by atoms with Crippen LogP contribution in [0.25, 0.3) is 0 Å². The molecule has 1 fully saturated rings. The Hall–Kier alpha value is -2.61. The van der Waals surface area contributed by atoms with Crippen LogP contribution in [0.3, 0.4) is 0 Å². The summed E-state index contributed by atoms with van der Waals surface area (Å²) in [6.45, 7) is 0.875. The van der Waals surface area contributed by atoms with E-state index < -0.39 is 11.8 Å². The lowest BCUT2D eigenvalue weighted by Crippen LogP contribution is -2.36. The molecule has 30 heavy (non-hydrogen) atoms. The second-order valence-electron chi connectivity index (χ2n) is 7.04. The summed E-state index contributed by atoms with van der Waals surface area (Å²) in [5.41, 5.74) is 1.17. The van der Waals surface area contributed by atoms with Crippen molar-refractivity contribution < 1.29 is 23.9 Å². The van der Waals surface area contributed by atoms with Gasteiger partial charge in [0.05, 0.1) is 40.9 Å². The van der Waals surface area contributed by atoms with E-state index in [0.29, 0.717) is 17.9 Å². The first-order chi connectivity index (χ1) is 14.4. The minimum absolute atomic E-state index is 0.129. The number of methoxy groups -OCH3 is 1. The number of fused-ring (bicyclic) bond motifs is 1. The topological polar surface area (TPSA) is 84.9 Å². The van der Waals surface area contributed by atoms with Gasteiger partial charge < -0.3 is 14.8 Å². The molecule has 0 radical (unpaired) electrons. The number of nitrogens with one attached hydrogen (secondary N) is 1. The highest BCUT2D eigenvalue weighted by Gasteiger charge is 2.37. The van der Waals surface area contributed by atoms with Crippen LogP contribution in [0.1, 0.15) is 43.9 Å². The fourth-order valence-electron chi connectivity index (χ4n) is 3.62. The Labute approximate surface area is 182 Å². The van der Waals surface area contributed by atoms with Crippen LogP contribution in [-0.4, -0.2) is 49.0 Å². The Balaban J connectivity index is 1.53. The fraction of sp³-hybridized carbons (Fsp3) is 0.286. The molecule has 156 valence electrons. The van der Waals surface area contributed by atoms with Crippen molar-refractivity contribution >= 4 is 46.6 Å². The molecule has 0 saturated carbocycles. The molecular weight excluding hydrogens is 431 g/mol. The standard InChI is InChI=1S/C21H18Cl2N2O5/c1-29-18-16(22)7-11(8-17(18)23)19(26)24-12-4-5-14-15(9-12)21(28)25(20(14)27)10-13-3-2-6-30-13/h4-5,7-9,13H,2-3,6,10H2,1H3,(H,24,26)/t13-/m0/s1. The van der Waals surface area contributed by atoms with Gasteiger partial charge in [0.15, 0.2) is 5.75 Å². The van der Waals surface area contributed by atoms with Gasteiger partial charge >= 0.3 is 0 Å². The Kier molecular flexibility index (Phi) is 5.69. The first-order valence-electron chi connectivity index (χ1n) is 9.35. The van der Waals surface area contributed by atoms with E-state index in [4.69, 9.17) is 32.7 Å². The summed E-state index contributed by atoms with van der Waals surface area (Å²) in [5.74, 6) is -0.925. The summed E-state index contributed by atoms with van der Waals surface area (Å²) in [7, 11) is 1.43. The lowest BCUT2D eigenvalue weighted by atomic mass is 10.1. The molecule has 0 aromatic heterocycles. The predicted octanol–water partition coefficient (Wildman–Crippen LogP) is 4.03. The van der Waals surface area contributed by atoms with Crippen LogP contribution in [0, 0.1) is 0 Å². The minimum atomic E-state index is -0.464. The Morgan fingerprint density at radius 3 is 2.50 bits per heavy atom. The van der Waals surface area contributed by atoms with E-state index in [-0.39, 0.29) is 45.5 Å². The molecule has 1 saturated heterocycles. The van der Waals surface area contributed by atoms with E-state index in [9.17, 15) is 14.4 Å². The maximum absolute atomic E-state index is 12.8. The van der Waals surface area contributed by atoms with Crippen LogP contribution in [0.5, 0.6) is 5.75 Å². The molecule has 3 amide bonds. The molecule has 4 rings (SSSR count). The number of benzene rings is 2. The minimum Gasteiger partial charge on any atom is -0.494 e. The molecule has 9 heteroatoms. The normalized spacial score (nSPS) is 18.0. The van der Waals surface area contributed by atoms with Gasteiger partial charge in [-0.1, -0.05) is 23.2 Å². The van der Waals surface area contributed by atoms with Crippen LogP contribution in [-0.2, 0) is 4.74 Å². The van der Waals surface area contributed by atoms with E-state index in [1.807, 2.05) is 0 Å². The molecule has 1 N–H and O–H groups in total. The van der Waals surface area contributed by atoms with Crippen LogP contribution in [0.15, 0.2) is 30.3 Å². The number of carbonyl (C=O) groups is 3. The van der Waals surface area contributed by atoms with Crippen molar-refractivity contribution in [3.05, 3.63) is 57.1 Å². The van der Waals surface area contributed by atoms with Crippen LogP contribution in [0.2, 0.25) is 10.0 Å². The van der Waals surface area contributed by atoms with Gasteiger partial charge in [0.2, 0.25) is 0 Å². The largest absolute Gasteiger partial charge is 0.494 e. The zero-order valence-corrected chi connectivity index (χ0v) is 17.5. The quantitative estimate of drug-likeness (QED) is 0.697. The van der Waals surface area contributed by atoms with Crippen molar-refractivity contribution in [1.29, 1.82) is 0 Å². The number of rotatable bonds is 5. The number of ether oxygens (including phenoxy) is 2. The summed E-state index contributed by atoms with van der Waals surface area (Å²) < 4.78 is 10.6. The van der Waals surface area contributed by atoms with Crippen molar-refractivity contribution in [3.8, 4) is 5.75 Å². The molecule has 2 aromatic rings. The van der Waals surface area contributed by atoms with Gasteiger partial charge in [-0.05, 0) is 43.2 Å². The summed E-state index contributed by atoms with van der Waals surface area (Å²) in [4.78, 5) is 39.2. The van der Waals surface area contributed by atoms with Gasteiger partial charge in [0.25, 0.3) is 17.7 Å². The number of hydrogen-bond acceptors (Lipinski definition) is 5. The average molecular weight is 449 g/mol. The Morgan fingerprint density at radius 1 is 1.17 bits per heavy atom. The third-order valence-electron chi connectivity index (χ3n) is 5.10. The zero-order valence-electron chi connectivity index (χ0n) is 16.0. The number of amides is 3. The van der Waals surface area contributed by atoms with Crippen molar-refractivity contribution in [2.75, 3.05) is 25.6 Å². The zero-order chi connectivity index (χ0) is 21.4. The number of imide groups is 1. The van der Waals surface area contributed by atoms with Gasteiger partial charge in [-0.3, -0.25) is 19.3 Å². The second kappa shape index (κ2) is 8.26. The van der Waals surface area contributed by atoms with Crippen LogP contribution in [0.4, 0.5) is 5.69 Å². The number of anilines is 1. The number of hydrogen-bond donors (Lipinski definition) is 1. The summed E-state index contributed by atoms with van der Waals surface area (Å²) in [5, 5.41) is 3.11. The Morgan fingerprint density at radius 2 is 1.87 bits per heavy atom. The van der Waals surface area contributed by atoms with Gasteiger partial charge in [-0.25, -0.2) is 0 Å². The lowest BCUT2D eigenvalue weighted by molar-refractivity contribution is 0.0475. The Bertz CT molecular complexity index is 1030. The molecule has 2 aromatic carbocycles. The maximum Gasteiger partial charge on any atom is 0.261 e. The molecule has 2 heterocycles. The highest BCUT2D eigenvalue weighted by molar-refractivity contribution is 6.37. The summed E-state index contributed by atoms with van der Waals surface area (Å²) in [6, 6.07) is 7.48.